The van der Waals surface area contributed by atoms with E-state index in [1.807, 2.05) is 6.07 Å². The molecule has 1 N–H and O–H groups in total. The molecule has 1 saturated heterocycles. The van der Waals surface area contributed by atoms with Crippen LogP contribution in [0.3, 0.4) is 0 Å². The number of nitrogens with zero attached hydrogens (tertiary/aromatic N) is 1. The van der Waals surface area contributed by atoms with E-state index >= 15 is 0 Å². The van der Waals surface area contributed by atoms with Crippen molar-refractivity contribution in [2.24, 2.45) is 5.92 Å². The largest absolute Gasteiger partial charge is 0.312 e. The average Bonchev–Trinajstić information content (AvgIpc) is 2.51. The lowest BCUT2D eigenvalue weighted by atomic mass is 10.0. The van der Waals surface area contributed by atoms with Crippen molar-refractivity contribution in [2.75, 3.05) is 13.1 Å². The Labute approximate surface area is 129 Å². The molecule has 112 valence electrons. The zero-order valence-electron chi connectivity index (χ0n) is 12.5. The van der Waals surface area contributed by atoms with Gasteiger partial charge in [0, 0.05) is 29.6 Å². The summed E-state index contributed by atoms with van der Waals surface area (Å²) < 4.78 is 14.3. The minimum absolute atomic E-state index is 0.171. The van der Waals surface area contributed by atoms with Crippen LogP contribution in [0.2, 0.25) is 0 Å². The van der Waals surface area contributed by atoms with Gasteiger partial charge in [-0.25, -0.2) is 4.39 Å². The summed E-state index contributed by atoms with van der Waals surface area (Å²) in [5.41, 5.74) is 1.04. The molecule has 1 aliphatic heterocycles. The number of nitrogens with one attached hydrogen (secondary N) is 1. The van der Waals surface area contributed by atoms with Crippen molar-refractivity contribution >= 4 is 15.9 Å². The number of rotatable bonds is 3. The van der Waals surface area contributed by atoms with Gasteiger partial charge < -0.3 is 5.32 Å². The molecule has 1 fully saturated rings. The van der Waals surface area contributed by atoms with Crippen molar-refractivity contribution in [1.29, 1.82) is 0 Å². The van der Waals surface area contributed by atoms with Crippen LogP contribution in [0.5, 0.6) is 0 Å². The molecule has 0 saturated carbocycles. The van der Waals surface area contributed by atoms with Gasteiger partial charge >= 0.3 is 0 Å². The topological polar surface area (TPSA) is 15.3 Å². The number of hydrogen-bond acceptors (Lipinski definition) is 2. The zero-order chi connectivity index (χ0) is 14.7. The SMILES string of the molecule is CC(C)C1CN(Cc2cc(F)cc(Br)c2)C(C)CCN1. The summed E-state index contributed by atoms with van der Waals surface area (Å²) in [6.45, 7) is 9.66. The van der Waals surface area contributed by atoms with Crippen LogP contribution in [0.25, 0.3) is 0 Å². The van der Waals surface area contributed by atoms with Crippen molar-refractivity contribution in [3.05, 3.63) is 34.1 Å². The van der Waals surface area contributed by atoms with Gasteiger partial charge in [0.25, 0.3) is 0 Å². The van der Waals surface area contributed by atoms with Gasteiger partial charge in [-0.15, -0.1) is 0 Å². The van der Waals surface area contributed by atoms with E-state index in [0.29, 0.717) is 18.0 Å². The van der Waals surface area contributed by atoms with E-state index in [1.165, 1.54) is 6.07 Å². The Kier molecular flexibility index (Phi) is 5.58. The molecule has 1 aliphatic rings. The third-order valence-corrected chi connectivity index (χ3v) is 4.59. The van der Waals surface area contributed by atoms with E-state index in [2.05, 4.69) is 46.9 Å². The Morgan fingerprint density at radius 3 is 2.80 bits per heavy atom. The molecule has 2 unspecified atom stereocenters. The molecule has 4 heteroatoms. The Morgan fingerprint density at radius 2 is 2.15 bits per heavy atom. The molecule has 20 heavy (non-hydrogen) atoms. The molecule has 1 aromatic rings. The monoisotopic (exact) mass is 342 g/mol. The highest BCUT2D eigenvalue weighted by Gasteiger charge is 2.24. The first-order valence-electron chi connectivity index (χ1n) is 7.38. The van der Waals surface area contributed by atoms with Crippen LogP contribution in [-0.2, 0) is 6.54 Å². The Bertz CT molecular complexity index is 430. The number of hydrogen-bond donors (Lipinski definition) is 1. The van der Waals surface area contributed by atoms with Gasteiger partial charge in [-0.3, -0.25) is 4.90 Å². The lowest BCUT2D eigenvalue weighted by Crippen LogP contribution is -2.42. The van der Waals surface area contributed by atoms with Gasteiger partial charge in [0.2, 0.25) is 0 Å². The third-order valence-electron chi connectivity index (χ3n) is 4.14. The fourth-order valence-corrected chi connectivity index (χ4v) is 3.27. The highest BCUT2D eigenvalue weighted by atomic mass is 79.9. The Balaban J connectivity index is 2.11. The van der Waals surface area contributed by atoms with Gasteiger partial charge in [0.1, 0.15) is 5.82 Å². The van der Waals surface area contributed by atoms with E-state index in [9.17, 15) is 4.39 Å². The van der Waals surface area contributed by atoms with Crippen molar-refractivity contribution in [2.45, 2.75) is 45.8 Å². The molecule has 0 spiro atoms. The molecule has 2 nitrogen and oxygen atoms in total. The molecule has 0 aromatic heterocycles. The van der Waals surface area contributed by atoms with Crippen molar-refractivity contribution < 1.29 is 4.39 Å². The summed E-state index contributed by atoms with van der Waals surface area (Å²) in [4.78, 5) is 2.46. The normalized spacial score (nSPS) is 24.9. The van der Waals surface area contributed by atoms with Gasteiger partial charge in [-0.2, -0.15) is 0 Å². The van der Waals surface area contributed by atoms with Crippen molar-refractivity contribution in [3.63, 3.8) is 0 Å². The summed E-state index contributed by atoms with van der Waals surface area (Å²) in [7, 11) is 0. The molecular weight excluding hydrogens is 319 g/mol. The van der Waals surface area contributed by atoms with Gasteiger partial charge in [-0.1, -0.05) is 29.8 Å². The lowest BCUT2D eigenvalue weighted by Gasteiger charge is -2.30. The molecule has 0 bridgehead atoms. The van der Waals surface area contributed by atoms with Crippen LogP contribution < -0.4 is 5.32 Å². The van der Waals surface area contributed by atoms with Crippen molar-refractivity contribution in [3.8, 4) is 0 Å². The molecular formula is C16H24BrFN2. The first kappa shape index (κ1) is 15.9. The van der Waals surface area contributed by atoms with Crippen LogP contribution in [0.1, 0.15) is 32.8 Å². The van der Waals surface area contributed by atoms with Gasteiger partial charge in [0.05, 0.1) is 0 Å². The zero-order valence-corrected chi connectivity index (χ0v) is 14.1. The van der Waals surface area contributed by atoms with Crippen LogP contribution >= 0.6 is 15.9 Å². The van der Waals surface area contributed by atoms with Crippen LogP contribution in [0.15, 0.2) is 22.7 Å². The standard InChI is InChI=1S/C16H24BrFN2/c1-11(2)16-10-20(12(3)4-5-19-16)9-13-6-14(17)8-15(18)7-13/h6-8,11-12,16,19H,4-5,9-10H2,1-3H3. The summed E-state index contributed by atoms with van der Waals surface area (Å²) in [5, 5.41) is 3.62. The van der Waals surface area contributed by atoms with Crippen LogP contribution in [0.4, 0.5) is 4.39 Å². The second-order valence-corrected chi connectivity index (χ2v) is 7.07. The summed E-state index contributed by atoms with van der Waals surface area (Å²) >= 11 is 3.37. The smallest absolute Gasteiger partial charge is 0.124 e. The molecule has 1 heterocycles. The fraction of sp³-hybridized carbons (Fsp3) is 0.625. The Hall–Kier alpha value is -0.450. The predicted octanol–water partition coefficient (Wildman–Crippen LogP) is 3.80. The summed E-state index contributed by atoms with van der Waals surface area (Å²) in [5.74, 6) is 0.442. The van der Waals surface area contributed by atoms with Crippen molar-refractivity contribution in [1.82, 2.24) is 10.2 Å². The first-order valence-corrected chi connectivity index (χ1v) is 8.17. The average molecular weight is 343 g/mol. The molecule has 2 rings (SSSR count). The highest BCUT2D eigenvalue weighted by molar-refractivity contribution is 9.10. The lowest BCUT2D eigenvalue weighted by molar-refractivity contribution is 0.184. The highest BCUT2D eigenvalue weighted by Crippen LogP contribution is 2.20. The maximum Gasteiger partial charge on any atom is 0.124 e. The van der Waals surface area contributed by atoms with E-state index in [-0.39, 0.29) is 5.82 Å². The maximum absolute atomic E-state index is 13.5. The van der Waals surface area contributed by atoms with E-state index in [1.54, 1.807) is 6.07 Å². The molecule has 0 aliphatic carbocycles. The van der Waals surface area contributed by atoms with E-state index in [4.69, 9.17) is 0 Å². The fourth-order valence-electron chi connectivity index (χ4n) is 2.76. The number of benzene rings is 1. The molecule has 0 radical (unpaired) electrons. The summed E-state index contributed by atoms with van der Waals surface area (Å²) in [6.07, 6.45) is 1.14. The van der Waals surface area contributed by atoms with Crippen LogP contribution in [0, 0.1) is 11.7 Å². The first-order chi connectivity index (χ1) is 9.45. The maximum atomic E-state index is 13.5. The Morgan fingerprint density at radius 1 is 1.40 bits per heavy atom. The minimum Gasteiger partial charge on any atom is -0.312 e. The molecule has 2 atom stereocenters. The quantitative estimate of drug-likeness (QED) is 0.898. The van der Waals surface area contributed by atoms with Crippen LogP contribution in [-0.4, -0.2) is 30.1 Å². The van der Waals surface area contributed by atoms with Gasteiger partial charge in [0.15, 0.2) is 0 Å². The predicted molar refractivity (Wildman–Crippen MR) is 85.2 cm³/mol. The molecule has 0 amide bonds. The minimum atomic E-state index is -0.171. The van der Waals surface area contributed by atoms with E-state index < -0.39 is 0 Å². The second-order valence-electron chi connectivity index (χ2n) is 6.15. The summed E-state index contributed by atoms with van der Waals surface area (Å²) in [6, 6.07) is 6.19. The number of halogens is 2. The second kappa shape index (κ2) is 7.01. The van der Waals surface area contributed by atoms with Gasteiger partial charge in [-0.05, 0) is 49.6 Å². The third kappa shape index (κ3) is 4.27. The van der Waals surface area contributed by atoms with E-state index in [0.717, 1.165) is 36.1 Å². The molecule has 1 aromatic carbocycles.